The molecule has 0 amide bonds. The van der Waals surface area contributed by atoms with E-state index in [9.17, 15) is 15.0 Å². The number of rotatable bonds is 6. The van der Waals surface area contributed by atoms with Gasteiger partial charge < -0.3 is 15.3 Å². The number of hydrogen-bond acceptors (Lipinski definition) is 3. The van der Waals surface area contributed by atoms with Gasteiger partial charge in [-0.1, -0.05) is 56.6 Å². The van der Waals surface area contributed by atoms with E-state index in [0.29, 0.717) is 17.8 Å². The van der Waals surface area contributed by atoms with Crippen LogP contribution in [0.15, 0.2) is 11.6 Å². The number of aliphatic carboxylic acids is 1. The second-order valence-corrected chi connectivity index (χ2v) is 9.79. The van der Waals surface area contributed by atoms with Crippen LogP contribution >= 0.6 is 0 Å². The Balaban J connectivity index is 1.64. The van der Waals surface area contributed by atoms with Crippen LogP contribution in [0, 0.1) is 40.9 Å². The first-order valence-corrected chi connectivity index (χ1v) is 11.6. The molecule has 0 bridgehead atoms. The normalized spacial score (nSPS) is 37.2. The maximum Gasteiger partial charge on any atom is 0.303 e. The molecule has 3 saturated carbocycles. The molecule has 0 aromatic carbocycles. The van der Waals surface area contributed by atoms with Crippen molar-refractivity contribution in [3.05, 3.63) is 11.6 Å². The average Bonchev–Trinajstić information content (AvgIpc) is 2.71. The molecule has 2 unspecified atom stereocenters. The van der Waals surface area contributed by atoms with E-state index in [1.807, 2.05) is 0 Å². The van der Waals surface area contributed by atoms with Gasteiger partial charge in [0, 0.05) is 6.42 Å². The first-order valence-electron chi connectivity index (χ1n) is 11.6. The summed E-state index contributed by atoms with van der Waals surface area (Å²) in [5.74, 6) is 6.69. The Morgan fingerprint density at radius 2 is 1.97 bits per heavy atom. The van der Waals surface area contributed by atoms with Crippen molar-refractivity contribution < 1.29 is 20.1 Å². The highest BCUT2D eigenvalue weighted by molar-refractivity contribution is 5.66. The molecule has 4 nitrogen and oxygen atoms in total. The van der Waals surface area contributed by atoms with Crippen LogP contribution in [0.2, 0.25) is 0 Å². The summed E-state index contributed by atoms with van der Waals surface area (Å²) in [6, 6.07) is 0. The van der Waals surface area contributed by atoms with Crippen LogP contribution in [0.4, 0.5) is 0 Å². The molecule has 3 aliphatic carbocycles. The Labute approximate surface area is 175 Å². The zero-order valence-electron chi connectivity index (χ0n) is 18.1. The van der Waals surface area contributed by atoms with Crippen LogP contribution in [0.5, 0.6) is 0 Å². The highest BCUT2D eigenvalue weighted by atomic mass is 16.4. The molecule has 0 heterocycles. The van der Waals surface area contributed by atoms with Crippen LogP contribution in [0.1, 0.15) is 84.5 Å². The molecule has 0 aliphatic heterocycles. The third-order valence-electron chi connectivity index (χ3n) is 7.89. The molecule has 0 aromatic rings. The van der Waals surface area contributed by atoms with Crippen molar-refractivity contribution in [3.8, 4) is 11.8 Å². The third-order valence-corrected chi connectivity index (χ3v) is 7.89. The molecule has 3 rings (SSSR count). The molecule has 29 heavy (non-hydrogen) atoms. The summed E-state index contributed by atoms with van der Waals surface area (Å²) in [6.45, 7) is 4.54. The van der Waals surface area contributed by atoms with Gasteiger partial charge in [0.1, 0.15) is 6.10 Å². The van der Waals surface area contributed by atoms with E-state index in [1.54, 1.807) is 0 Å². The highest BCUT2D eigenvalue weighted by Crippen LogP contribution is 2.64. The van der Waals surface area contributed by atoms with E-state index in [1.165, 1.54) is 24.8 Å². The van der Waals surface area contributed by atoms with Gasteiger partial charge in [-0.05, 0) is 68.1 Å². The maximum atomic E-state index is 10.7. The highest BCUT2D eigenvalue weighted by Gasteiger charge is 2.58. The van der Waals surface area contributed by atoms with Crippen LogP contribution < -0.4 is 0 Å². The standard InChI is InChI=1S/C25H38O4/c1-17-20(11-7-4-8-12-23(28)29)25(2)16-15-22(27)19(24(17)25)13-14-21(26)18-9-5-3-6-10-18/h11,17-19,21-22,24,26-27H,3-10,12,15-16H2,1-2H3,(H,28,29)/t17?,19-,21?,22+,24+,25+/m1/s1. The minimum Gasteiger partial charge on any atom is -0.481 e. The number of carboxylic acids is 1. The van der Waals surface area contributed by atoms with Gasteiger partial charge in [0.15, 0.2) is 0 Å². The monoisotopic (exact) mass is 402 g/mol. The summed E-state index contributed by atoms with van der Waals surface area (Å²) in [5, 5.41) is 30.0. The van der Waals surface area contributed by atoms with Gasteiger partial charge in [0.05, 0.1) is 12.0 Å². The summed E-state index contributed by atoms with van der Waals surface area (Å²) in [4.78, 5) is 10.7. The molecular formula is C25H38O4. The van der Waals surface area contributed by atoms with Crippen molar-refractivity contribution in [1.82, 2.24) is 0 Å². The van der Waals surface area contributed by atoms with E-state index in [-0.39, 0.29) is 17.8 Å². The lowest BCUT2D eigenvalue weighted by Crippen LogP contribution is -2.56. The van der Waals surface area contributed by atoms with Gasteiger partial charge in [-0.15, -0.1) is 0 Å². The van der Waals surface area contributed by atoms with Gasteiger partial charge in [0.2, 0.25) is 0 Å². The summed E-state index contributed by atoms with van der Waals surface area (Å²) in [7, 11) is 0. The topological polar surface area (TPSA) is 77.8 Å². The van der Waals surface area contributed by atoms with E-state index in [2.05, 4.69) is 31.8 Å². The first-order chi connectivity index (χ1) is 13.8. The van der Waals surface area contributed by atoms with Crippen LogP contribution in [-0.2, 0) is 4.79 Å². The van der Waals surface area contributed by atoms with Gasteiger partial charge in [-0.3, -0.25) is 4.79 Å². The van der Waals surface area contributed by atoms with Crippen molar-refractivity contribution in [2.24, 2.45) is 29.1 Å². The van der Waals surface area contributed by atoms with Gasteiger partial charge in [-0.2, -0.15) is 0 Å². The molecule has 3 fully saturated rings. The number of hydrogen-bond donors (Lipinski definition) is 3. The van der Waals surface area contributed by atoms with Crippen molar-refractivity contribution in [2.75, 3.05) is 0 Å². The van der Waals surface area contributed by atoms with Gasteiger partial charge in [0.25, 0.3) is 0 Å². The Bertz CT molecular complexity index is 666. The number of unbranched alkanes of at least 4 members (excludes halogenated alkanes) is 2. The molecule has 0 aromatic heterocycles. The predicted octanol–water partition coefficient (Wildman–Crippen LogP) is 4.55. The first kappa shape index (κ1) is 22.4. The van der Waals surface area contributed by atoms with E-state index < -0.39 is 18.2 Å². The second-order valence-electron chi connectivity index (χ2n) is 9.79. The number of carboxylic acid groups (broad SMARTS) is 1. The Kier molecular flexibility index (Phi) is 7.46. The summed E-state index contributed by atoms with van der Waals surface area (Å²) >= 11 is 0. The largest absolute Gasteiger partial charge is 0.481 e. The fourth-order valence-electron chi connectivity index (χ4n) is 6.28. The molecular weight excluding hydrogens is 364 g/mol. The van der Waals surface area contributed by atoms with Crippen molar-refractivity contribution in [1.29, 1.82) is 0 Å². The van der Waals surface area contributed by atoms with Crippen LogP contribution in [0.3, 0.4) is 0 Å². The molecule has 4 heteroatoms. The van der Waals surface area contributed by atoms with Crippen LogP contribution in [-0.4, -0.2) is 33.5 Å². The minimum absolute atomic E-state index is 0.0637. The molecule has 6 atom stereocenters. The fourth-order valence-corrected chi connectivity index (χ4v) is 6.28. The molecule has 3 aliphatic rings. The summed E-state index contributed by atoms with van der Waals surface area (Å²) in [5.41, 5.74) is 1.55. The molecule has 162 valence electrons. The lowest BCUT2D eigenvalue weighted by Gasteiger charge is -2.61. The Morgan fingerprint density at radius 1 is 1.24 bits per heavy atom. The maximum absolute atomic E-state index is 10.7. The van der Waals surface area contributed by atoms with E-state index >= 15 is 0 Å². The number of aliphatic hydroxyl groups is 2. The quantitative estimate of drug-likeness (QED) is 0.346. The summed E-state index contributed by atoms with van der Waals surface area (Å²) < 4.78 is 0. The lowest BCUT2D eigenvalue weighted by atomic mass is 9.43. The SMILES string of the molecule is CC1C(=CCCCCC(=O)O)[C@]2(C)CC[C@H](O)[C@@H](C#CC(O)C3CCCCC3)[C@H]12. The second kappa shape index (κ2) is 9.67. The van der Waals surface area contributed by atoms with Crippen molar-refractivity contribution in [2.45, 2.75) is 96.7 Å². The molecule has 0 saturated heterocycles. The number of fused-ring (bicyclic) bond motifs is 1. The molecule has 0 spiro atoms. The van der Waals surface area contributed by atoms with E-state index in [0.717, 1.165) is 44.9 Å². The zero-order valence-corrected chi connectivity index (χ0v) is 18.1. The zero-order chi connectivity index (χ0) is 21.0. The smallest absolute Gasteiger partial charge is 0.303 e. The number of allylic oxidation sites excluding steroid dienone is 2. The predicted molar refractivity (Wildman–Crippen MR) is 114 cm³/mol. The fraction of sp³-hybridized carbons (Fsp3) is 0.800. The van der Waals surface area contributed by atoms with Crippen molar-refractivity contribution in [3.63, 3.8) is 0 Å². The Hall–Kier alpha value is -1.31. The van der Waals surface area contributed by atoms with Crippen molar-refractivity contribution >= 4 is 5.97 Å². The minimum atomic E-state index is -0.722. The van der Waals surface area contributed by atoms with Gasteiger partial charge in [-0.25, -0.2) is 0 Å². The molecule has 0 radical (unpaired) electrons. The third kappa shape index (κ3) is 4.89. The summed E-state index contributed by atoms with van der Waals surface area (Å²) in [6.07, 6.45) is 11.7. The average molecular weight is 403 g/mol. The lowest BCUT2D eigenvalue weighted by molar-refractivity contribution is -0.137. The van der Waals surface area contributed by atoms with Crippen LogP contribution in [0.25, 0.3) is 0 Å². The molecule has 3 N–H and O–H groups in total. The van der Waals surface area contributed by atoms with E-state index in [4.69, 9.17) is 5.11 Å². The number of carbonyl (C=O) groups is 1. The van der Waals surface area contributed by atoms with Gasteiger partial charge >= 0.3 is 5.97 Å². The Morgan fingerprint density at radius 3 is 2.66 bits per heavy atom. The number of aliphatic hydroxyl groups excluding tert-OH is 2.